The van der Waals surface area contributed by atoms with E-state index in [0.717, 1.165) is 0 Å². The Morgan fingerprint density at radius 1 is 1.78 bits per heavy atom. The molecule has 52 valence electrons. The molecule has 0 saturated carbocycles. The van der Waals surface area contributed by atoms with Crippen molar-refractivity contribution in [3.05, 3.63) is 0 Å². The van der Waals surface area contributed by atoms with Gasteiger partial charge >= 0.3 is 29.6 Å². The van der Waals surface area contributed by atoms with E-state index in [2.05, 4.69) is 4.18 Å². The summed E-state index contributed by atoms with van der Waals surface area (Å²) in [5, 5.41) is 0. The van der Waals surface area contributed by atoms with Crippen LogP contribution in [0.5, 0.6) is 0 Å². The van der Waals surface area contributed by atoms with Crippen molar-refractivity contribution in [2.24, 2.45) is 0 Å². The van der Waals surface area contributed by atoms with Gasteiger partial charge in [0.15, 0.2) is 0 Å². The van der Waals surface area contributed by atoms with Crippen LogP contribution >= 0.6 is 11.6 Å². The van der Waals surface area contributed by atoms with Crippen LogP contribution in [0.25, 0.3) is 0 Å². The molecule has 0 fully saturated rings. The van der Waals surface area contributed by atoms with Gasteiger partial charge in [0.1, 0.15) is 0 Å². The minimum Gasteiger partial charge on any atom is -1.00 e. The summed E-state index contributed by atoms with van der Waals surface area (Å²) in [6.45, 7) is 0.180. The van der Waals surface area contributed by atoms with Crippen molar-refractivity contribution in [1.82, 2.24) is 0 Å². The van der Waals surface area contributed by atoms with Crippen LogP contribution < -0.4 is 29.6 Å². The molecule has 0 aliphatic carbocycles. The van der Waals surface area contributed by atoms with Crippen molar-refractivity contribution in [2.75, 3.05) is 12.5 Å². The Labute approximate surface area is 85.4 Å². The summed E-state index contributed by atoms with van der Waals surface area (Å²) in [5.74, 6) is 0.428. The molecule has 1 unspecified atom stereocenters. The first-order valence-electron chi connectivity index (χ1n) is 2.06. The van der Waals surface area contributed by atoms with E-state index in [9.17, 15) is 8.76 Å². The van der Waals surface area contributed by atoms with Gasteiger partial charge in [0.05, 0.1) is 18.0 Å². The molecule has 0 aromatic heterocycles. The van der Waals surface area contributed by atoms with Crippen molar-refractivity contribution in [2.45, 2.75) is 6.42 Å². The molecule has 0 radical (unpaired) electrons. The first-order valence-corrected chi connectivity index (χ1v) is 3.59. The van der Waals surface area contributed by atoms with Gasteiger partial charge in [-0.05, 0) is 6.42 Å². The summed E-state index contributed by atoms with van der Waals surface area (Å²) >= 11 is 2.83. The van der Waals surface area contributed by atoms with Gasteiger partial charge in [-0.2, -0.15) is 0 Å². The molecule has 0 aromatic carbocycles. The third-order valence-electron chi connectivity index (χ3n) is 0.458. The molecule has 1 atom stereocenters. The summed E-state index contributed by atoms with van der Waals surface area (Å²) in [4.78, 5) is 0. The third kappa shape index (κ3) is 12.5. The van der Waals surface area contributed by atoms with E-state index >= 15 is 0 Å². The first kappa shape index (κ1) is 13.0. The fraction of sp³-hybridized carbons (Fsp3) is 1.00. The first-order chi connectivity index (χ1) is 3.77. The summed E-state index contributed by atoms with van der Waals surface area (Å²) < 4.78 is 23.3. The Bertz CT molecular complexity index is 86.1. The van der Waals surface area contributed by atoms with Crippen LogP contribution in [0.1, 0.15) is 7.85 Å². The van der Waals surface area contributed by atoms with E-state index in [-0.39, 0.29) is 37.6 Å². The van der Waals surface area contributed by atoms with Gasteiger partial charge in [-0.1, -0.05) is 0 Å². The maximum Gasteiger partial charge on any atom is 1.00 e. The average Bonchev–Trinajstić information content (AvgIpc) is 1.66. The van der Waals surface area contributed by atoms with Gasteiger partial charge in [0, 0.05) is 5.88 Å². The van der Waals surface area contributed by atoms with Crippen LogP contribution in [0.2, 0.25) is 0 Å². The zero-order valence-electron chi connectivity index (χ0n) is 6.13. The average molecular weight is 182 g/mol. The second kappa shape index (κ2) is 9.36. The standard InChI is InChI=1S/C3H7ClO3S.Na.H/c4-2-1-3-7-8(5)6;;/h1-3H2,(H,5,6);;/q;+1;-1/p-1. The molecular weight excluding hydrogens is 175 g/mol. The smallest absolute Gasteiger partial charge is 1.00 e. The van der Waals surface area contributed by atoms with Crippen LogP contribution in [-0.4, -0.2) is 21.2 Å². The quantitative estimate of drug-likeness (QED) is 0.209. The number of halogens is 1. The predicted molar refractivity (Wildman–Crippen MR) is 31.3 cm³/mol. The second-order valence-corrected chi connectivity index (χ2v) is 2.09. The molecule has 0 heterocycles. The van der Waals surface area contributed by atoms with Crippen molar-refractivity contribution in [3.63, 3.8) is 0 Å². The van der Waals surface area contributed by atoms with E-state index in [0.29, 0.717) is 12.3 Å². The predicted octanol–water partition coefficient (Wildman–Crippen LogP) is -2.46. The largest absolute Gasteiger partial charge is 1.00 e. The molecular formula is C3H7ClNaO3S-. The van der Waals surface area contributed by atoms with Gasteiger partial charge in [-0.3, -0.25) is 0 Å². The summed E-state index contributed by atoms with van der Waals surface area (Å²) in [6, 6.07) is 0. The summed E-state index contributed by atoms with van der Waals surface area (Å²) in [6.07, 6.45) is 0.565. The molecule has 0 rings (SSSR count). The van der Waals surface area contributed by atoms with Gasteiger partial charge in [0.25, 0.3) is 0 Å². The SMILES string of the molecule is O=S([O-])OCCCCl.[H-].[Na+]. The molecule has 0 spiro atoms. The fourth-order valence-corrected chi connectivity index (χ4v) is 0.545. The van der Waals surface area contributed by atoms with Crippen molar-refractivity contribution in [3.8, 4) is 0 Å². The molecule has 0 aliphatic heterocycles. The van der Waals surface area contributed by atoms with Crippen molar-refractivity contribution in [1.29, 1.82) is 0 Å². The Morgan fingerprint density at radius 2 is 2.33 bits per heavy atom. The van der Waals surface area contributed by atoms with Crippen LogP contribution in [0.15, 0.2) is 0 Å². The molecule has 0 amide bonds. The van der Waals surface area contributed by atoms with Crippen molar-refractivity contribution < 1.29 is 43.9 Å². The molecule has 0 bridgehead atoms. The maximum absolute atomic E-state index is 9.61. The molecule has 0 aliphatic rings. The van der Waals surface area contributed by atoms with E-state index in [4.69, 9.17) is 11.6 Å². The van der Waals surface area contributed by atoms with Gasteiger partial charge in [-0.25, -0.2) is 4.21 Å². The van der Waals surface area contributed by atoms with Gasteiger partial charge in [-0.15, -0.1) is 11.6 Å². The normalized spacial score (nSPS) is 12.2. The van der Waals surface area contributed by atoms with Crippen LogP contribution in [-0.2, 0) is 15.5 Å². The fourth-order valence-electron chi connectivity index (χ4n) is 0.182. The Morgan fingerprint density at radius 3 is 2.67 bits per heavy atom. The zero-order valence-corrected chi connectivity index (χ0v) is 8.70. The van der Waals surface area contributed by atoms with Gasteiger partial charge < -0.3 is 10.2 Å². The molecule has 6 heteroatoms. The monoisotopic (exact) mass is 181 g/mol. The maximum atomic E-state index is 9.61. The summed E-state index contributed by atoms with van der Waals surface area (Å²) in [5.41, 5.74) is 0. The minimum atomic E-state index is -2.38. The van der Waals surface area contributed by atoms with Gasteiger partial charge in [0.2, 0.25) is 0 Å². The molecule has 0 saturated heterocycles. The van der Waals surface area contributed by atoms with E-state index in [1.54, 1.807) is 0 Å². The van der Waals surface area contributed by atoms with E-state index in [1.165, 1.54) is 0 Å². The molecule has 0 aromatic rings. The minimum absolute atomic E-state index is 0. The van der Waals surface area contributed by atoms with E-state index < -0.39 is 11.4 Å². The number of alkyl halides is 1. The third-order valence-corrected chi connectivity index (χ3v) is 1.08. The van der Waals surface area contributed by atoms with Crippen LogP contribution in [0, 0.1) is 0 Å². The number of hydrogen-bond acceptors (Lipinski definition) is 3. The molecule has 3 nitrogen and oxygen atoms in total. The zero-order chi connectivity index (χ0) is 6.41. The Kier molecular flexibility index (Phi) is 13.5. The Hall–Kier alpha value is 1.36. The van der Waals surface area contributed by atoms with Crippen LogP contribution in [0.4, 0.5) is 0 Å². The Balaban J connectivity index is -0.000000245. The van der Waals surface area contributed by atoms with Crippen LogP contribution in [0.3, 0.4) is 0 Å². The number of rotatable bonds is 4. The molecule has 0 N–H and O–H groups in total. The second-order valence-electron chi connectivity index (χ2n) is 1.07. The van der Waals surface area contributed by atoms with Crippen molar-refractivity contribution >= 4 is 23.0 Å². The topological polar surface area (TPSA) is 49.4 Å². The van der Waals surface area contributed by atoms with E-state index in [1.807, 2.05) is 0 Å². The number of hydrogen-bond donors (Lipinski definition) is 0. The summed E-state index contributed by atoms with van der Waals surface area (Å²) in [7, 11) is 0. The molecule has 9 heavy (non-hydrogen) atoms.